The normalized spacial score (nSPS) is 12.9. The number of benzene rings is 2. The third kappa shape index (κ3) is 5.82. The summed E-state index contributed by atoms with van der Waals surface area (Å²) in [4.78, 5) is 1.24. The zero-order chi connectivity index (χ0) is 25.3. The number of hydrogen-bond acceptors (Lipinski definition) is 5. The van der Waals surface area contributed by atoms with Gasteiger partial charge in [-0.2, -0.15) is 5.10 Å². The molecule has 1 heterocycles. The zero-order valence-electron chi connectivity index (χ0n) is 21.1. The van der Waals surface area contributed by atoms with Gasteiger partial charge in [-0.3, -0.25) is 5.01 Å². The Balaban J connectivity index is 2.28. The molecule has 0 saturated carbocycles. The second-order valence-corrected chi connectivity index (χ2v) is 12.5. The molecule has 0 aliphatic rings. The molecule has 0 radical (unpaired) electrons. The molecule has 34 heavy (non-hydrogen) atoms. The summed E-state index contributed by atoms with van der Waals surface area (Å²) in [6.45, 7) is 11.7. The Kier molecular flexibility index (Phi) is 7.80. The Morgan fingerprint density at radius 1 is 1.12 bits per heavy atom. The lowest BCUT2D eigenvalue weighted by Crippen LogP contribution is -2.44. The van der Waals surface area contributed by atoms with Crippen LogP contribution in [0.5, 0.6) is 5.75 Å². The SMILES string of the molecule is COc1ccc2c(c1)c(SC(C)(C)C)c(CC(C)(C)/C(=N/N)N(C)N)n2Cc1ccc(Cl)cc1. The third-order valence-corrected chi connectivity index (χ3v) is 7.18. The molecule has 0 bridgehead atoms. The van der Waals surface area contributed by atoms with Crippen molar-refractivity contribution in [3.05, 3.63) is 58.7 Å². The Labute approximate surface area is 212 Å². The van der Waals surface area contributed by atoms with Gasteiger partial charge in [-0.25, -0.2) is 5.84 Å². The number of amidine groups is 1. The molecule has 0 unspecified atom stereocenters. The highest BCUT2D eigenvalue weighted by Gasteiger charge is 2.33. The van der Waals surface area contributed by atoms with Crippen molar-refractivity contribution in [2.45, 2.75) is 57.2 Å². The van der Waals surface area contributed by atoms with E-state index < -0.39 is 5.41 Å². The van der Waals surface area contributed by atoms with E-state index >= 15 is 0 Å². The van der Waals surface area contributed by atoms with E-state index in [-0.39, 0.29) is 4.75 Å². The van der Waals surface area contributed by atoms with Crippen LogP contribution in [0, 0.1) is 5.41 Å². The van der Waals surface area contributed by atoms with E-state index in [1.165, 1.54) is 26.5 Å². The molecule has 0 aliphatic carbocycles. The third-order valence-electron chi connectivity index (χ3n) is 5.66. The van der Waals surface area contributed by atoms with Crippen molar-refractivity contribution in [2.24, 2.45) is 22.2 Å². The highest BCUT2D eigenvalue weighted by atomic mass is 35.5. The predicted octanol–water partition coefficient (Wildman–Crippen LogP) is 5.89. The van der Waals surface area contributed by atoms with Crippen LogP contribution in [0.4, 0.5) is 0 Å². The van der Waals surface area contributed by atoms with Crippen LogP contribution >= 0.6 is 23.4 Å². The van der Waals surface area contributed by atoms with E-state index in [1.54, 1.807) is 14.2 Å². The number of aromatic nitrogens is 1. The molecule has 0 amide bonds. The fourth-order valence-electron chi connectivity index (χ4n) is 4.27. The zero-order valence-corrected chi connectivity index (χ0v) is 22.7. The standard InChI is InChI=1S/C26H36ClN5OS/c1-25(2,3)34-23-20-14-19(33-7)12-13-21(20)32(16-17-8-10-18(27)11-9-17)22(23)15-26(4,5)24(30-28)31(6)29/h8-14H,15-16,28-29H2,1-7H3/b30-24-. The van der Waals surface area contributed by atoms with E-state index in [2.05, 4.69) is 68.6 Å². The van der Waals surface area contributed by atoms with Crippen LogP contribution in [0.15, 0.2) is 52.5 Å². The van der Waals surface area contributed by atoms with Gasteiger partial charge in [0, 0.05) is 56.7 Å². The number of nitrogens with zero attached hydrogens (tertiary/aromatic N) is 3. The summed E-state index contributed by atoms with van der Waals surface area (Å²) < 4.78 is 7.98. The number of methoxy groups -OCH3 is 1. The number of ether oxygens (including phenoxy) is 1. The number of hydrogen-bond donors (Lipinski definition) is 2. The van der Waals surface area contributed by atoms with Gasteiger partial charge in [-0.05, 0) is 35.9 Å². The molecule has 0 atom stereocenters. The quantitative estimate of drug-likeness (QED) is 0.139. The first-order valence-electron chi connectivity index (χ1n) is 11.3. The summed E-state index contributed by atoms with van der Waals surface area (Å²) in [5, 5.41) is 7.44. The van der Waals surface area contributed by atoms with E-state index in [1.807, 2.05) is 30.0 Å². The minimum Gasteiger partial charge on any atom is -0.497 e. The average molecular weight is 502 g/mol. The van der Waals surface area contributed by atoms with Crippen molar-refractivity contribution in [2.75, 3.05) is 14.2 Å². The minimum absolute atomic E-state index is 0.0107. The highest BCUT2D eigenvalue weighted by molar-refractivity contribution is 8.00. The van der Waals surface area contributed by atoms with Crippen LogP contribution in [0.25, 0.3) is 10.9 Å². The summed E-state index contributed by atoms with van der Waals surface area (Å²) in [5.74, 6) is 13.3. The lowest BCUT2D eigenvalue weighted by Gasteiger charge is -2.31. The van der Waals surface area contributed by atoms with Gasteiger partial charge in [0.1, 0.15) is 11.6 Å². The molecule has 184 valence electrons. The number of halogens is 1. The highest BCUT2D eigenvalue weighted by Crippen LogP contribution is 2.44. The van der Waals surface area contributed by atoms with Crippen LogP contribution in [-0.2, 0) is 13.0 Å². The van der Waals surface area contributed by atoms with Crippen LogP contribution in [0.3, 0.4) is 0 Å². The number of fused-ring (bicyclic) bond motifs is 1. The van der Waals surface area contributed by atoms with E-state index in [9.17, 15) is 0 Å². The van der Waals surface area contributed by atoms with Crippen LogP contribution in [-0.4, -0.2) is 34.3 Å². The minimum atomic E-state index is -0.401. The van der Waals surface area contributed by atoms with Crippen LogP contribution in [0.2, 0.25) is 5.02 Å². The number of hydrazine groups is 1. The first-order valence-corrected chi connectivity index (χ1v) is 12.4. The number of thioether (sulfide) groups is 1. The predicted molar refractivity (Wildman–Crippen MR) is 146 cm³/mol. The second kappa shape index (κ2) is 10.1. The molecule has 3 aromatic rings. The van der Waals surface area contributed by atoms with Gasteiger partial charge >= 0.3 is 0 Å². The topological polar surface area (TPSA) is 81.8 Å². The largest absolute Gasteiger partial charge is 0.497 e. The molecule has 4 N–H and O–H groups in total. The Morgan fingerprint density at radius 2 is 1.76 bits per heavy atom. The maximum absolute atomic E-state index is 6.15. The number of rotatable bonds is 7. The summed E-state index contributed by atoms with van der Waals surface area (Å²) in [6, 6.07) is 14.3. The molecule has 1 aromatic heterocycles. The maximum Gasteiger partial charge on any atom is 0.144 e. The van der Waals surface area contributed by atoms with Gasteiger partial charge in [0.25, 0.3) is 0 Å². The van der Waals surface area contributed by atoms with Crippen LogP contribution in [0.1, 0.15) is 45.9 Å². The van der Waals surface area contributed by atoms with Crippen molar-refractivity contribution >= 4 is 40.1 Å². The van der Waals surface area contributed by atoms with Crippen molar-refractivity contribution in [3.63, 3.8) is 0 Å². The van der Waals surface area contributed by atoms with E-state index in [4.69, 9.17) is 28.0 Å². The molecule has 3 rings (SSSR count). The van der Waals surface area contributed by atoms with Crippen molar-refractivity contribution in [1.82, 2.24) is 9.58 Å². The van der Waals surface area contributed by atoms with Gasteiger partial charge in [0.15, 0.2) is 0 Å². The molecular weight excluding hydrogens is 466 g/mol. The van der Waals surface area contributed by atoms with E-state index in [0.717, 1.165) is 16.3 Å². The monoisotopic (exact) mass is 501 g/mol. The van der Waals surface area contributed by atoms with E-state index in [0.29, 0.717) is 18.8 Å². The number of nitrogens with two attached hydrogens (primary N) is 2. The summed E-state index contributed by atoms with van der Waals surface area (Å²) >= 11 is 8.02. The summed E-state index contributed by atoms with van der Waals surface area (Å²) in [6.07, 6.45) is 0.702. The molecule has 6 nitrogen and oxygen atoms in total. The molecular formula is C26H36ClN5OS. The molecule has 0 saturated heterocycles. The van der Waals surface area contributed by atoms with Crippen molar-refractivity contribution in [3.8, 4) is 5.75 Å². The molecule has 0 spiro atoms. The fraction of sp³-hybridized carbons (Fsp3) is 0.423. The van der Waals surface area contributed by atoms with Crippen molar-refractivity contribution < 1.29 is 4.74 Å². The molecule has 0 aliphatic heterocycles. The Bertz CT molecular complexity index is 1180. The summed E-state index contributed by atoms with van der Waals surface area (Å²) in [5.41, 5.74) is 3.14. The first-order chi connectivity index (χ1) is 15.9. The average Bonchev–Trinajstić information content (AvgIpc) is 2.99. The van der Waals surface area contributed by atoms with Crippen LogP contribution < -0.4 is 16.4 Å². The first kappa shape index (κ1) is 26.3. The maximum atomic E-state index is 6.15. The molecule has 0 fully saturated rings. The molecule has 2 aromatic carbocycles. The van der Waals surface area contributed by atoms with Gasteiger partial charge in [-0.15, -0.1) is 11.8 Å². The summed E-state index contributed by atoms with van der Waals surface area (Å²) in [7, 11) is 3.47. The van der Waals surface area contributed by atoms with Gasteiger partial charge in [-0.1, -0.05) is 58.4 Å². The number of hydrazone groups is 1. The smallest absolute Gasteiger partial charge is 0.144 e. The Hall–Kier alpha value is -2.35. The van der Waals surface area contributed by atoms with Gasteiger partial charge in [0.05, 0.1) is 7.11 Å². The van der Waals surface area contributed by atoms with Crippen molar-refractivity contribution in [1.29, 1.82) is 0 Å². The second-order valence-electron chi connectivity index (χ2n) is 10.2. The molecule has 8 heteroatoms. The Morgan fingerprint density at radius 3 is 2.29 bits per heavy atom. The lowest BCUT2D eigenvalue weighted by atomic mass is 9.85. The fourth-order valence-corrected chi connectivity index (χ4v) is 5.58. The van der Waals surface area contributed by atoms with Gasteiger partial charge < -0.3 is 15.1 Å². The lowest BCUT2D eigenvalue weighted by molar-refractivity contribution is 0.403. The van der Waals surface area contributed by atoms with Gasteiger partial charge in [0.2, 0.25) is 0 Å².